The molecule has 0 aliphatic rings. The molecule has 2 heterocycles. The highest BCUT2D eigenvalue weighted by molar-refractivity contribution is 5.87. The highest BCUT2D eigenvalue weighted by Gasteiger charge is 2.18. The lowest BCUT2D eigenvalue weighted by atomic mass is 10.2. The molecule has 8 nitrogen and oxygen atoms in total. The molecule has 0 aliphatic carbocycles. The standard InChI is InChI=1S/C14H10N4O4/c19-15-8-10-9-17(11-4-2-1-3-5-11)16-14(10)12-6-7-13(22-12)18(20)21/h1-9,19H. The first-order valence-corrected chi connectivity index (χ1v) is 6.26. The van der Waals surface area contributed by atoms with Crippen LogP contribution in [0.3, 0.4) is 0 Å². The fraction of sp³-hybridized carbons (Fsp3) is 0. The van der Waals surface area contributed by atoms with E-state index >= 15 is 0 Å². The number of hydrogen-bond donors (Lipinski definition) is 1. The molecule has 2 aromatic heterocycles. The quantitative estimate of drug-likeness (QED) is 0.345. The Bertz CT molecular complexity index is 836. The zero-order valence-corrected chi connectivity index (χ0v) is 11.2. The van der Waals surface area contributed by atoms with Gasteiger partial charge in [0.05, 0.1) is 18.0 Å². The highest BCUT2D eigenvalue weighted by atomic mass is 16.6. The van der Waals surface area contributed by atoms with Crippen LogP contribution in [0.15, 0.2) is 58.2 Å². The van der Waals surface area contributed by atoms with Crippen LogP contribution >= 0.6 is 0 Å². The molecule has 0 saturated carbocycles. The summed E-state index contributed by atoms with van der Waals surface area (Å²) in [4.78, 5) is 10.1. The van der Waals surface area contributed by atoms with Gasteiger partial charge >= 0.3 is 5.88 Å². The van der Waals surface area contributed by atoms with E-state index in [9.17, 15) is 10.1 Å². The molecule has 8 heteroatoms. The summed E-state index contributed by atoms with van der Waals surface area (Å²) in [6, 6.07) is 12.0. The molecule has 0 bridgehead atoms. The molecule has 0 aliphatic heterocycles. The van der Waals surface area contributed by atoms with Crippen molar-refractivity contribution in [2.24, 2.45) is 5.16 Å². The topological polar surface area (TPSA) is 107 Å². The minimum Gasteiger partial charge on any atom is -0.411 e. The van der Waals surface area contributed by atoms with Crippen molar-refractivity contribution in [1.82, 2.24) is 9.78 Å². The molecule has 3 rings (SSSR count). The fourth-order valence-electron chi connectivity index (χ4n) is 2.00. The van der Waals surface area contributed by atoms with Gasteiger partial charge in [0.1, 0.15) is 10.6 Å². The second-order valence-corrected chi connectivity index (χ2v) is 4.35. The largest absolute Gasteiger partial charge is 0.433 e. The molecule has 0 amide bonds. The van der Waals surface area contributed by atoms with Crippen molar-refractivity contribution in [3.63, 3.8) is 0 Å². The lowest BCUT2D eigenvalue weighted by molar-refractivity contribution is -0.401. The molecule has 0 saturated heterocycles. The van der Waals surface area contributed by atoms with Crippen molar-refractivity contribution in [2.75, 3.05) is 0 Å². The second-order valence-electron chi connectivity index (χ2n) is 4.35. The van der Waals surface area contributed by atoms with Crippen LogP contribution in [0.25, 0.3) is 17.1 Å². The summed E-state index contributed by atoms with van der Waals surface area (Å²) >= 11 is 0. The van der Waals surface area contributed by atoms with Crippen molar-refractivity contribution in [3.8, 4) is 17.1 Å². The van der Waals surface area contributed by atoms with Crippen molar-refractivity contribution in [1.29, 1.82) is 0 Å². The van der Waals surface area contributed by atoms with Gasteiger partial charge in [-0.15, -0.1) is 0 Å². The van der Waals surface area contributed by atoms with Gasteiger partial charge < -0.3 is 9.62 Å². The van der Waals surface area contributed by atoms with Gasteiger partial charge in [-0.25, -0.2) is 4.68 Å². The molecule has 0 atom stereocenters. The number of para-hydroxylation sites is 1. The maximum atomic E-state index is 10.7. The Morgan fingerprint density at radius 3 is 2.68 bits per heavy atom. The number of furan rings is 1. The summed E-state index contributed by atoms with van der Waals surface area (Å²) in [5.41, 5.74) is 1.60. The number of nitro groups is 1. The predicted molar refractivity (Wildman–Crippen MR) is 77.3 cm³/mol. The third kappa shape index (κ3) is 2.44. The Hall–Kier alpha value is -3.42. The van der Waals surface area contributed by atoms with E-state index in [1.807, 2.05) is 30.3 Å². The predicted octanol–water partition coefficient (Wildman–Crippen LogP) is 2.85. The van der Waals surface area contributed by atoms with Gasteiger partial charge in [-0.05, 0) is 18.2 Å². The van der Waals surface area contributed by atoms with E-state index in [0.29, 0.717) is 11.3 Å². The molecule has 1 N–H and O–H groups in total. The fourth-order valence-corrected chi connectivity index (χ4v) is 2.00. The minimum atomic E-state index is -0.627. The summed E-state index contributed by atoms with van der Waals surface area (Å²) in [5.74, 6) is -0.160. The van der Waals surface area contributed by atoms with E-state index in [0.717, 1.165) is 5.69 Å². The van der Waals surface area contributed by atoms with Gasteiger partial charge in [-0.1, -0.05) is 23.4 Å². The Morgan fingerprint density at radius 2 is 2.05 bits per heavy atom. The summed E-state index contributed by atoms with van der Waals surface area (Å²) in [5, 5.41) is 26.8. The number of aromatic nitrogens is 2. The van der Waals surface area contributed by atoms with Crippen molar-refractivity contribution in [3.05, 3.63) is 64.3 Å². The molecule has 22 heavy (non-hydrogen) atoms. The molecule has 110 valence electrons. The lowest BCUT2D eigenvalue weighted by Crippen LogP contribution is -1.93. The average molecular weight is 298 g/mol. The lowest BCUT2D eigenvalue weighted by Gasteiger charge is -1.98. The summed E-state index contributed by atoms with van der Waals surface area (Å²) in [6.45, 7) is 0. The summed E-state index contributed by atoms with van der Waals surface area (Å²) in [6.07, 6.45) is 2.83. The van der Waals surface area contributed by atoms with Crippen LogP contribution in [0.2, 0.25) is 0 Å². The van der Waals surface area contributed by atoms with Gasteiger partial charge in [0.2, 0.25) is 0 Å². The van der Waals surface area contributed by atoms with Crippen LogP contribution in [0.5, 0.6) is 0 Å². The monoisotopic (exact) mass is 298 g/mol. The number of rotatable bonds is 4. The van der Waals surface area contributed by atoms with Gasteiger partial charge in [-0.2, -0.15) is 5.10 Å². The molecule has 1 aromatic carbocycles. The van der Waals surface area contributed by atoms with E-state index in [2.05, 4.69) is 10.3 Å². The molecular formula is C14H10N4O4. The molecule has 0 fully saturated rings. The third-order valence-electron chi connectivity index (χ3n) is 2.97. The van der Waals surface area contributed by atoms with Crippen molar-refractivity contribution < 1.29 is 14.5 Å². The van der Waals surface area contributed by atoms with Gasteiger partial charge in [0.25, 0.3) is 0 Å². The number of hydrogen-bond acceptors (Lipinski definition) is 6. The van der Waals surface area contributed by atoms with E-state index in [-0.39, 0.29) is 11.6 Å². The third-order valence-corrected chi connectivity index (χ3v) is 2.97. The van der Waals surface area contributed by atoms with Gasteiger partial charge in [0.15, 0.2) is 5.76 Å². The van der Waals surface area contributed by atoms with E-state index in [1.165, 1.54) is 18.3 Å². The van der Waals surface area contributed by atoms with E-state index in [4.69, 9.17) is 9.62 Å². The Kier molecular flexibility index (Phi) is 3.40. The van der Waals surface area contributed by atoms with E-state index < -0.39 is 4.92 Å². The molecule has 0 unspecified atom stereocenters. The first kappa shape index (κ1) is 13.6. The SMILES string of the molecule is O=[N+]([O-])c1ccc(-c2nn(-c3ccccc3)cc2C=NO)o1. The normalized spacial score (nSPS) is 11.1. The van der Waals surface area contributed by atoms with Gasteiger partial charge in [-0.3, -0.25) is 10.1 Å². The first-order valence-electron chi connectivity index (χ1n) is 6.26. The van der Waals surface area contributed by atoms with Crippen LogP contribution < -0.4 is 0 Å². The maximum absolute atomic E-state index is 10.7. The summed E-state index contributed by atoms with van der Waals surface area (Å²) < 4.78 is 6.72. The smallest absolute Gasteiger partial charge is 0.411 e. The zero-order valence-electron chi connectivity index (χ0n) is 11.2. The van der Waals surface area contributed by atoms with Crippen LogP contribution in [0.1, 0.15) is 5.56 Å². The molecular weight excluding hydrogens is 288 g/mol. The van der Waals surface area contributed by atoms with Gasteiger partial charge in [0, 0.05) is 11.8 Å². The molecule has 0 spiro atoms. The molecule has 3 aromatic rings. The number of oxime groups is 1. The molecule has 0 radical (unpaired) electrons. The van der Waals surface area contributed by atoms with Crippen LogP contribution in [-0.2, 0) is 0 Å². The van der Waals surface area contributed by atoms with Crippen LogP contribution in [0, 0.1) is 10.1 Å². The zero-order chi connectivity index (χ0) is 15.5. The number of nitrogens with zero attached hydrogens (tertiary/aromatic N) is 4. The van der Waals surface area contributed by atoms with Crippen LogP contribution in [0.4, 0.5) is 5.88 Å². The maximum Gasteiger partial charge on any atom is 0.433 e. The first-order chi connectivity index (χ1) is 10.7. The highest BCUT2D eigenvalue weighted by Crippen LogP contribution is 2.27. The van der Waals surface area contributed by atoms with Crippen molar-refractivity contribution in [2.45, 2.75) is 0 Å². The Balaban J connectivity index is 2.09. The Labute approximate surface area is 124 Å². The Morgan fingerprint density at radius 1 is 1.27 bits per heavy atom. The van der Waals surface area contributed by atoms with E-state index in [1.54, 1.807) is 10.9 Å². The second kappa shape index (κ2) is 5.52. The van der Waals surface area contributed by atoms with Crippen molar-refractivity contribution >= 4 is 12.1 Å². The minimum absolute atomic E-state index is 0.219. The van der Waals surface area contributed by atoms with Crippen LogP contribution in [-0.4, -0.2) is 26.1 Å². The average Bonchev–Trinajstić information content (AvgIpc) is 3.15. The number of benzene rings is 1. The summed E-state index contributed by atoms with van der Waals surface area (Å²) in [7, 11) is 0.